The first-order valence-electron chi connectivity index (χ1n) is 6.09. The number of rotatable bonds is 2. The largest absolute Gasteiger partial charge is 0.339 e. The quantitative estimate of drug-likeness (QED) is 0.655. The standard InChI is InChI=1S/C15H11BrClN3/c1-9-5-4-8-12(13(9)16)18-14-10-6-2-3-7-11(10)19-15(17)20-14/h2-8H,1H3,(H,18,19,20). The third kappa shape index (κ3) is 2.49. The molecule has 0 aliphatic rings. The number of hydrogen-bond donors (Lipinski definition) is 1. The van der Waals surface area contributed by atoms with Crippen molar-refractivity contribution in [2.75, 3.05) is 5.32 Å². The third-order valence-electron chi connectivity index (χ3n) is 3.02. The molecule has 0 spiro atoms. The van der Waals surface area contributed by atoms with Gasteiger partial charge in [0, 0.05) is 9.86 Å². The van der Waals surface area contributed by atoms with Crippen molar-refractivity contribution >= 4 is 49.9 Å². The number of benzene rings is 2. The van der Waals surface area contributed by atoms with Crippen molar-refractivity contribution in [1.82, 2.24) is 9.97 Å². The Kier molecular flexibility index (Phi) is 3.59. The molecule has 0 radical (unpaired) electrons. The zero-order valence-corrected chi connectivity index (χ0v) is 13.0. The average molecular weight is 349 g/mol. The van der Waals surface area contributed by atoms with Gasteiger partial charge < -0.3 is 5.32 Å². The fourth-order valence-electron chi connectivity index (χ4n) is 2.02. The number of aryl methyl sites for hydroxylation is 1. The Morgan fingerprint density at radius 1 is 1.05 bits per heavy atom. The van der Waals surface area contributed by atoms with Gasteiger partial charge in [-0.25, -0.2) is 4.98 Å². The monoisotopic (exact) mass is 347 g/mol. The van der Waals surface area contributed by atoms with Crippen LogP contribution >= 0.6 is 27.5 Å². The number of hydrogen-bond acceptors (Lipinski definition) is 3. The maximum atomic E-state index is 5.99. The highest BCUT2D eigenvalue weighted by atomic mass is 79.9. The lowest BCUT2D eigenvalue weighted by atomic mass is 10.2. The fraction of sp³-hybridized carbons (Fsp3) is 0.0667. The summed E-state index contributed by atoms with van der Waals surface area (Å²) in [6.07, 6.45) is 0. The second-order valence-corrected chi connectivity index (χ2v) is 5.55. The molecule has 2 aromatic carbocycles. The Hall–Kier alpha value is -1.65. The van der Waals surface area contributed by atoms with Crippen molar-refractivity contribution in [2.24, 2.45) is 0 Å². The van der Waals surface area contributed by atoms with Crippen molar-refractivity contribution in [3.05, 3.63) is 57.8 Å². The van der Waals surface area contributed by atoms with E-state index in [1.165, 1.54) is 0 Å². The van der Waals surface area contributed by atoms with E-state index in [-0.39, 0.29) is 5.28 Å². The zero-order chi connectivity index (χ0) is 14.1. The van der Waals surface area contributed by atoms with Crippen LogP contribution in [-0.4, -0.2) is 9.97 Å². The van der Waals surface area contributed by atoms with E-state index in [2.05, 4.69) is 31.2 Å². The number of aromatic nitrogens is 2. The summed E-state index contributed by atoms with van der Waals surface area (Å²) in [7, 11) is 0. The summed E-state index contributed by atoms with van der Waals surface area (Å²) >= 11 is 9.57. The third-order valence-corrected chi connectivity index (χ3v) is 4.24. The van der Waals surface area contributed by atoms with Gasteiger partial charge in [-0.3, -0.25) is 0 Å². The molecule has 5 heteroatoms. The first-order chi connectivity index (χ1) is 9.65. The predicted molar refractivity (Wildman–Crippen MR) is 86.7 cm³/mol. The first-order valence-corrected chi connectivity index (χ1v) is 7.26. The molecule has 3 rings (SSSR count). The minimum atomic E-state index is 0.231. The van der Waals surface area contributed by atoms with Gasteiger partial charge in [-0.1, -0.05) is 24.3 Å². The van der Waals surface area contributed by atoms with Crippen LogP contribution in [0.5, 0.6) is 0 Å². The number of anilines is 2. The lowest BCUT2D eigenvalue weighted by Gasteiger charge is -2.11. The zero-order valence-electron chi connectivity index (χ0n) is 10.7. The molecule has 0 fully saturated rings. The summed E-state index contributed by atoms with van der Waals surface area (Å²) in [6, 6.07) is 13.8. The van der Waals surface area contributed by atoms with Crippen LogP contribution in [0, 0.1) is 6.92 Å². The van der Waals surface area contributed by atoms with Gasteiger partial charge in [-0.2, -0.15) is 4.98 Å². The van der Waals surface area contributed by atoms with Crippen LogP contribution in [0.3, 0.4) is 0 Å². The van der Waals surface area contributed by atoms with Crippen molar-refractivity contribution < 1.29 is 0 Å². The van der Waals surface area contributed by atoms with Gasteiger partial charge in [0.2, 0.25) is 5.28 Å². The second kappa shape index (κ2) is 5.38. The second-order valence-electron chi connectivity index (χ2n) is 4.42. The molecular formula is C15H11BrClN3. The Morgan fingerprint density at radius 3 is 2.70 bits per heavy atom. The number of nitrogens with zero attached hydrogens (tertiary/aromatic N) is 2. The average Bonchev–Trinajstić information content (AvgIpc) is 2.43. The summed E-state index contributed by atoms with van der Waals surface area (Å²) < 4.78 is 1.01. The molecule has 0 aliphatic carbocycles. The minimum absolute atomic E-state index is 0.231. The van der Waals surface area contributed by atoms with E-state index >= 15 is 0 Å². The molecule has 20 heavy (non-hydrogen) atoms. The number of fused-ring (bicyclic) bond motifs is 1. The molecule has 0 saturated carbocycles. The molecule has 0 saturated heterocycles. The van der Waals surface area contributed by atoms with Crippen LogP contribution in [-0.2, 0) is 0 Å². The molecule has 1 heterocycles. The lowest BCUT2D eigenvalue weighted by molar-refractivity contribution is 1.22. The SMILES string of the molecule is Cc1cccc(Nc2nc(Cl)nc3ccccc23)c1Br. The van der Waals surface area contributed by atoms with E-state index < -0.39 is 0 Å². The number of nitrogens with one attached hydrogen (secondary N) is 1. The smallest absolute Gasteiger partial charge is 0.224 e. The van der Waals surface area contributed by atoms with Gasteiger partial charge in [0.15, 0.2) is 0 Å². The molecule has 1 N–H and O–H groups in total. The molecule has 1 aromatic heterocycles. The number of halogens is 2. The van der Waals surface area contributed by atoms with Gasteiger partial charge in [0.05, 0.1) is 11.2 Å². The van der Waals surface area contributed by atoms with Crippen LogP contribution in [0.1, 0.15) is 5.56 Å². The molecule has 3 nitrogen and oxygen atoms in total. The van der Waals surface area contributed by atoms with Crippen molar-refractivity contribution in [3.63, 3.8) is 0 Å². The van der Waals surface area contributed by atoms with Gasteiger partial charge in [-0.05, 0) is 58.2 Å². The highest BCUT2D eigenvalue weighted by Crippen LogP contribution is 2.31. The van der Waals surface area contributed by atoms with E-state index in [1.807, 2.05) is 49.4 Å². The van der Waals surface area contributed by atoms with E-state index in [9.17, 15) is 0 Å². The molecule has 100 valence electrons. The predicted octanol–water partition coefficient (Wildman–Crippen LogP) is 5.10. The van der Waals surface area contributed by atoms with Crippen LogP contribution in [0.4, 0.5) is 11.5 Å². The normalized spacial score (nSPS) is 10.8. The summed E-state index contributed by atoms with van der Waals surface area (Å²) in [6.45, 7) is 2.04. The van der Waals surface area contributed by atoms with Crippen LogP contribution < -0.4 is 5.32 Å². The maximum Gasteiger partial charge on any atom is 0.224 e. The first kappa shape index (κ1) is 13.3. The summed E-state index contributed by atoms with van der Waals surface area (Å²) in [4.78, 5) is 8.51. The molecule has 0 unspecified atom stereocenters. The minimum Gasteiger partial charge on any atom is -0.339 e. The van der Waals surface area contributed by atoms with E-state index in [1.54, 1.807) is 0 Å². The van der Waals surface area contributed by atoms with Crippen molar-refractivity contribution in [2.45, 2.75) is 6.92 Å². The van der Waals surface area contributed by atoms with E-state index in [0.717, 1.165) is 26.6 Å². The summed E-state index contributed by atoms with van der Waals surface area (Å²) in [5.41, 5.74) is 2.92. The van der Waals surface area contributed by atoms with E-state index in [0.29, 0.717) is 5.82 Å². The summed E-state index contributed by atoms with van der Waals surface area (Å²) in [5.74, 6) is 0.701. The van der Waals surface area contributed by atoms with Gasteiger partial charge in [0.25, 0.3) is 0 Å². The Balaban J connectivity index is 2.13. The maximum absolute atomic E-state index is 5.99. The van der Waals surface area contributed by atoms with Gasteiger partial charge in [0.1, 0.15) is 5.82 Å². The van der Waals surface area contributed by atoms with Crippen LogP contribution in [0.2, 0.25) is 5.28 Å². The Labute approximate surface area is 130 Å². The Morgan fingerprint density at radius 2 is 1.85 bits per heavy atom. The van der Waals surface area contributed by atoms with Gasteiger partial charge in [-0.15, -0.1) is 0 Å². The Bertz CT molecular complexity index is 789. The molecule has 3 aromatic rings. The lowest BCUT2D eigenvalue weighted by Crippen LogP contribution is -1.98. The molecule has 0 aliphatic heterocycles. The van der Waals surface area contributed by atoms with Gasteiger partial charge >= 0.3 is 0 Å². The molecule has 0 bridgehead atoms. The number of para-hydroxylation sites is 1. The van der Waals surface area contributed by atoms with E-state index in [4.69, 9.17) is 11.6 Å². The highest BCUT2D eigenvalue weighted by Gasteiger charge is 2.09. The topological polar surface area (TPSA) is 37.8 Å². The highest BCUT2D eigenvalue weighted by molar-refractivity contribution is 9.10. The molecule has 0 atom stereocenters. The van der Waals surface area contributed by atoms with Crippen LogP contribution in [0.15, 0.2) is 46.9 Å². The van der Waals surface area contributed by atoms with Crippen molar-refractivity contribution in [1.29, 1.82) is 0 Å². The molecule has 0 amide bonds. The van der Waals surface area contributed by atoms with Crippen LogP contribution in [0.25, 0.3) is 10.9 Å². The summed E-state index contributed by atoms with van der Waals surface area (Å²) in [5, 5.41) is 4.48. The van der Waals surface area contributed by atoms with Crippen molar-refractivity contribution in [3.8, 4) is 0 Å². The fourth-order valence-corrected chi connectivity index (χ4v) is 2.55. The molecular weight excluding hydrogens is 338 g/mol.